The van der Waals surface area contributed by atoms with Gasteiger partial charge in [0, 0.05) is 23.6 Å². The van der Waals surface area contributed by atoms with Gasteiger partial charge in [-0.2, -0.15) is 11.8 Å². The van der Waals surface area contributed by atoms with Gasteiger partial charge in [-0.15, -0.1) is 21.5 Å². The number of aromatic nitrogens is 2. The predicted molar refractivity (Wildman–Crippen MR) is 80.7 cm³/mol. The van der Waals surface area contributed by atoms with Crippen molar-refractivity contribution in [2.24, 2.45) is 0 Å². The van der Waals surface area contributed by atoms with Crippen LogP contribution in [-0.4, -0.2) is 29.5 Å². The average Bonchev–Trinajstić information content (AvgIpc) is 3.02. The van der Waals surface area contributed by atoms with E-state index < -0.39 is 0 Å². The van der Waals surface area contributed by atoms with E-state index in [0.717, 1.165) is 28.7 Å². The fourth-order valence-electron chi connectivity index (χ4n) is 1.94. The second kappa shape index (κ2) is 5.69. The number of nitrogens with one attached hydrogen (secondary N) is 1. The quantitative estimate of drug-likeness (QED) is 0.942. The molecule has 0 unspecified atom stereocenters. The van der Waals surface area contributed by atoms with Gasteiger partial charge in [0.2, 0.25) is 0 Å². The first-order chi connectivity index (χ1) is 8.86. The van der Waals surface area contributed by atoms with Crippen molar-refractivity contribution in [2.45, 2.75) is 18.6 Å². The molecule has 3 rings (SSSR count). The molecular formula is C12H15N3S3. The SMILES string of the molecule is CNCCc1nnc(-c2cc3c(s2)CCSC3)s1. The zero-order valence-electron chi connectivity index (χ0n) is 10.2. The monoisotopic (exact) mass is 297 g/mol. The third-order valence-corrected chi connectivity index (χ3v) is 6.29. The highest BCUT2D eigenvalue weighted by molar-refractivity contribution is 7.98. The lowest BCUT2D eigenvalue weighted by Crippen LogP contribution is -2.09. The number of likely N-dealkylation sites (N-methyl/N-ethyl adjacent to an activating group) is 1. The van der Waals surface area contributed by atoms with Crippen molar-refractivity contribution in [3.63, 3.8) is 0 Å². The summed E-state index contributed by atoms with van der Waals surface area (Å²) in [7, 11) is 1.97. The molecule has 1 aliphatic rings. The van der Waals surface area contributed by atoms with Gasteiger partial charge in [-0.05, 0) is 30.9 Å². The van der Waals surface area contributed by atoms with Crippen molar-refractivity contribution >= 4 is 34.4 Å². The number of thiophene rings is 1. The number of rotatable bonds is 4. The lowest BCUT2D eigenvalue weighted by Gasteiger charge is -2.08. The molecule has 0 fully saturated rings. The van der Waals surface area contributed by atoms with Crippen LogP contribution in [0, 0.1) is 0 Å². The molecule has 96 valence electrons. The second-order valence-electron chi connectivity index (χ2n) is 4.22. The lowest BCUT2D eigenvalue weighted by atomic mass is 10.2. The molecule has 1 N–H and O–H groups in total. The molecule has 0 atom stereocenters. The molecule has 0 amide bonds. The van der Waals surface area contributed by atoms with Crippen LogP contribution in [0.25, 0.3) is 9.88 Å². The summed E-state index contributed by atoms with van der Waals surface area (Å²) in [5, 5.41) is 14.0. The standard InChI is InChI=1S/C12H15N3S3/c1-13-4-2-11-14-15-12(18-11)10-6-8-7-16-5-3-9(8)17-10/h6,13H,2-5,7H2,1H3. The highest BCUT2D eigenvalue weighted by atomic mass is 32.2. The van der Waals surface area contributed by atoms with E-state index in [1.54, 1.807) is 16.2 Å². The summed E-state index contributed by atoms with van der Waals surface area (Å²) >= 11 is 5.66. The highest BCUT2D eigenvalue weighted by Crippen LogP contribution is 2.37. The number of nitrogens with zero attached hydrogens (tertiary/aromatic N) is 2. The Morgan fingerprint density at radius 1 is 1.33 bits per heavy atom. The number of aryl methyl sites for hydroxylation is 1. The van der Waals surface area contributed by atoms with Gasteiger partial charge in [0.25, 0.3) is 0 Å². The van der Waals surface area contributed by atoms with Gasteiger partial charge >= 0.3 is 0 Å². The summed E-state index contributed by atoms with van der Waals surface area (Å²) in [6.07, 6.45) is 2.19. The molecule has 0 spiro atoms. The highest BCUT2D eigenvalue weighted by Gasteiger charge is 2.16. The van der Waals surface area contributed by atoms with Gasteiger partial charge in [0.05, 0.1) is 4.88 Å². The Hall–Kier alpha value is -0.430. The molecule has 6 heteroatoms. The largest absolute Gasteiger partial charge is 0.319 e. The summed E-state index contributed by atoms with van der Waals surface area (Å²) < 4.78 is 0. The maximum atomic E-state index is 4.33. The van der Waals surface area contributed by atoms with E-state index in [1.165, 1.54) is 22.6 Å². The fraction of sp³-hybridized carbons (Fsp3) is 0.500. The normalized spacial score (nSPS) is 14.7. The van der Waals surface area contributed by atoms with Crippen LogP contribution in [0.4, 0.5) is 0 Å². The van der Waals surface area contributed by atoms with Crippen molar-refractivity contribution in [1.29, 1.82) is 0 Å². The van der Waals surface area contributed by atoms with E-state index in [1.807, 2.05) is 30.1 Å². The lowest BCUT2D eigenvalue weighted by molar-refractivity contribution is 0.779. The van der Waals surface area contributed by atoms with Crippen molar-refractivity contribution in [1.82, 2.24) is 15.5 Å². The molecule has 3 nitrogen and oxygen atoms in total. The maximum absolute atomic E-state index is 4.33. The van der Waals surface area contributed by atoms with Crippen molar-refractivity contribution in [3.8, 4) is 9.88 Å². The third kappa shape index (κ3) is 2.61. The molecule has 3 heterocycles. The Bertz CT molecular complexity index is 509. The van der Waals surface area contributed by atoms with Crippen LogP contribution in [0.15, 0.2) is 6.07 Å². The van der Waals surface area contributed by atoms with Crippen LogP contribution >= 0.6 is 34.4 Å². The van der Waals surface area contributed by atoms with Crippen LogP contribution in [0.2, 0.25) is 0 Å². The van der Waals surface area contributed by atoms with E-state index in [0.29, 0.717) is 0 Å². The number of thioether (sulfide) groups is 1. The molecule has 0 aromatic carbocycles. The Labute approximate surface area is 119 Å². The smallest absolute Gasteiger partial charge is 0.157 e. The summed E-state index contributed by atoms with van der Waals surface area (Å²) in [6.45, 7) is 0.964. The van der Waals surface area contributed by atoms with Gasteiger partial charge in [0.15, 0.2) is 5.01 Å². The molecule has 0 bridgehead atoms. The Balaban J connectivity index is 1.81. The molecule has 0 saturated heterocycles. The number of hydrogen-bond acceptors (Lipinski definition) is 6. The van der Waals surface area contributed by atoms with E-state index in [9.17, 15) is 0 Å². The number of hydrogen-bond donors (Lipinski definition) is 1. The molecule has 18 heavy (non-hydrogen) atoms. The van der Waals surface area contributed by atoms with Gasteiger partial charge in [0.1, 0.15) is 5.01 Å². The first kappa shape index (κ1) is 12.6. The van der Waals surface area contributed by atoms with Crippen LogP contribution < -0.4 is 5.32 Å². The Morgan fingerprint density at radius 3 is 3.11 bits per heavy atom. The van der Waals surface area contributed by atoms with Crippen LogP contribution in [-0.2, 0) is 18.6 Å². The predicted octanol–water partition coefficient (Wildman–Crippen LogP) is 2.82. The van der Waals surface area contributed by atoms with Crippen molar-refractivity contribution < 1.29 is 0 Å². The molecule has 2 aromatic rings. The minimum atomic E-state index is 0.964. The summed E-state index contributed by atoms with van der Waals surface area (Å²) in [5.74, 6) is 2.42. The molecule has 1 aliphatic heterocycles. The molecular weight excluding hydrogens is 282 g/mol. The number of fused-ring (bicyclic) bond motifs is 1. The molecule has 0 saturated carbocycles. The molecule has 0 radical (unpaired) electrons. The maximum Gasteiger partial charge on any atom is 0.157 e. The van der Waals surface area contributed by atoms with E-state index in [2.05, 4.69) is 21.6 Å². The van der Waals surface area contributed by atoms with Crippen LogP contribution in [0.1, 0.15) is 15.4 Å². The van der Waals surface area contributed by atoms with Crippen molar-refractivity contribution in [2.75, 3.05) is 19.3 Å². The van der Waals surface area contributed by atoms with Crippen LogP contribution in [0.5, 0.6) is 0 Å². The average molecular weight is 297 g/mol. The summed E-state index contributed by atoms with van der Waals surface area (Å²) in [4.78, 5) is 2.85. The van der Waals surface area contributed by atoms with Gasteiger partial charge < -0.3 is 5.32 Å². The Kier molecular flexibility index (Phi) is 3.98. The first-order valence-electron chi connectivity index (χ1n) is 6.03. The topological polar surface area (TPSA) is 37.8 Å². The van der Waals surface area contributed by atoms with E-state index in [4.69, 9.17) is 0 Å². The third-order valence-electron chi connectivity index (χ3n) is 2.89. The first-order valence-corrected chi connectivity index (χ1v) is 8.82. The summed E-state index contributed by atoms with van der Waals surface area (Å²) in [5.41, 5.74) is 1.51. The minimum absolute atomic E-state index is 0.964. The van der Waals surface area contributed by atoms with E-state index in [-0.39, 0.29) is 0 Å². The van der Waals surface area contributed by atoms with Crippen molar-refractivity contribution in [3.05, 3.63) is 21.5 Å². The van der Waals surface area contributed by atoms with Gasteiger partial charge in [-0.1, -0.05) is 11.3 Å². The van der Waals surface area contributed by atoms with Crippen LogP contribution in [0.3, 0.4) is 0 Å². The fourth-order valence-corrected chi connectivity index (χ4v) is 5.19. The molecule has 2 aromatic heterocycles. The summed E-state index contributed by atoms with van der Waals surface area (Å²) in [6, 6.07) is 2.31. The minimum Gasteiger partial charge on any atom is -0.319 e. The zero-order valence-corrected chi connectivity index (χ0v) is 12.7. The van der Waals surface area contributed by atoms with Gasteiger partial charge in [-0.25, -0.2) is 0 Å². The Morgan fingerprint density at radius 2 is 2.28 bits per heavy atom. The second-order valence-corrected chi connectivity index (χ2v) is 7.52. The van der Waals surface area contributed by atoms with Gasteiger partial charge in [-0.3, -0.25) is 0 Å². The molecule has 0 aliphatic carbocycles. The van der Waals surface area contributed by atoms with E-state index >= 15 is 0 Å². The zero-order chi connectivity index (χ0) is 12.4.